The molecule has 3 rings (SSSR count). The van der Waals surface area contributed by atoms with Crippen LogP contribution in [0.2, 0.25) is 0 Å². The van der Waals surface area contributed by atoms with Crippen molar-refractivity contribution in [2.75, 3.05) is 5.73 Å². The molecule has 0 amide bonds. The van der Waals surface area contributed by atoms with Crippen LogP contribution in [-0.4, -0.2) is 14.5 Å². The smallest absolute Gasteiger partial charge is 0.180 e. The predicted octanol–water partition coefficient (Wildman–Crippen LogP) is 2.93. The minimum atomic E-state index is -0.267. The molecule has 0 aliphatic carbocycles. The first-order valence-corrected chi connectivity index (χ1v) is 7.33. The first-order valence-electron chi connectivity index (χ1n) is 6.45. The fraction of sp³-hybridized carbons (Fsp3) is 0.286. The third-order valence-electron chi connectivity index (χ3n) is 3.36. The summed E-state index contributed by atoms with van der Waals surface area (Å²) in [5, 5.41) is 2.58. The molecule has 0 radical (unpaired) electrons. The number of rotatable bonds is 4. The number of hydrogen-bond acceptors (Lipinski definition) is 4. The third-order valence-corrected chi connectivity index (χ3v) is 4.08. The molecule has 3 aromatic rings. The number of para-hydroxylation sites is 1. The molecule has 0 saturated heterocycles. The second kappa shape index (κ2) is 5.20. The van der Waals surface area contributed by atoms with E-state index >= 15 is 0 Å². The summed E-state index contributed by atoms with van der Waals surface area (Å²) in [5.74, 6) is 0.630. The minimum Gasteiger partial charge on any atom is -0.375 e. The normalized spacial score (nSPS) is 11.3. The lowest BCUT2D eigenvalue weighted by Gasteiger charge is -2.01. The molecule has 0 aliphatic rings. The highest BCUT2D eigenvalue weighted by atomic mass is 32.1. The van der Waals surface area contributed by atoms with Gasteiger partial charge in [0.2, 0.25) is 0 Å². The molecule has 2 aromatic heterocycles. The van der Waals surface area contributed by atoms with E-state index in [1.807, 2.05) is 23.1 Å². The first kappa shape index (κ1) is 13.1. The Morgan fingerprint density at radius 2 is 2.15 bits per heavy atom. The Hall–Kier alpha value is -1.95. The molecule has 0 unspecified atom stereocenters. The van der Waals surface area contributed by atoms with E-state index in [9.17, 15) is 4.39 Å². The molecule has 0 aliphatic heterocycles. The molecule has 2 heterocycles. The van der Waals surface area contributed by atoms with Crippen molar-refractivity contribution in [2.45, 2.75) is 19.3 Å². The van der Waals surface area contributed by atoms with Gasteiger partial charge < -0.3 is 10.3 Å². The zero-order chi connectivity index (χ0) is 14.1. The van der Waals surface area contributed by atoms with Crippen molar-refractivity contribution in [1.82, 2.24) is 14.5 Å². The van der Waals surface area contributed by atoms with Gasteiger partial charge in [0.25, 0.3) is 0 Å². The molecule has 6 heteroatoms. The van der Waals surface area contributed by atoms with Crippen molar-refractivity contribution >= 4 is 27.5 Å². The van der Waals surface area contributed by atoms with Crippen LogP contribution in [0, 0.1) is 5.82 Å². The molecule has 104 valence electrons. The lowest BCUT2D eigenvalue weighted by Crippen LogP contribution is -1.99. The molecule has 4 nitrogen and oxygen atoms in total. The van der Waals surface area contributed by atoms with Gasteiger partial charge in [0.15, 0.2) is 10.9 Å². The van der Waals surface area contributed by atoms with Crippen LogP contribution >= 0.6 is 11.3 Å². The number of anilines is 1. The maximum Gasteiger partial charge on any atom is 0.180 e. The molecule has 0 saturated carbocycles. The van der Waals surface area contributed by atoms with Crippen molar-refractivity contribution in [3.05, 3.63) is 40.9 Å². The summed E-state index contributed by atoms with van der Waals surface area (Å²) >= 11 is 1.46. The lowest BCUT2D eigenvalue weighted by molar-refractivity contribution is 0.636. The molecule has 2 N–H and O–H groups in total. The number of nitrogens with zero attached hydrogens (tertiary/aromatic N) is 3. The van der Waals surface area contributed by atoms with Gasteiger partial charge >= 0.3 is 0 Å². The summed E-state index contributed by atoms with van der Waals surface area (Å²) in [6, 6.07) is 5.04. The van der Waals surface area contributed by atoms with Gasteiger partial charge in [-0.1, -0.05) is 6.07 Å². The zero-order valence-corrected chi connectivity index (χ0v) is 12.0. The average molecular weight is 290 g/mol. The second-order valence-corrected chi connectivity index (χ2v) is 5.61. The summed E-state index contributed by atoms with van der Waals surface area (Å²) in [6.07, 6.45) is 2.57. The Bertz CT molecular complexity index is 747. The maximum atomic E-state index is 13.7. The standard InChI is InChI=1S/C14H15FN4S/c1-19-11-6-3-5-10(15)13(11)18-12(19)7-2-4-9-8-20-14(16)17-9/h3,5-6,8H,2,4,7H2,1H3,(H2,16,17). The highest BCUT2D eigenvalue weighted by Gasteiger charge is 2.11. The number of imidazole rings is 1. The van der Waals surface area contributed by atoms with Gasteiger partial charge in [0.05, 0.1) is 11.2 Å². The number of fused-ring (bicyclic) bond motifs is 1. The Morgan fingerprint density at radius 1 is 1.30 bits per heavy atom. The maximum absolute atomic E-state index is 13.7. The van der Waals surface area contributed by atoms with Crippen molar-refractivity contribution in [2.24, 2.45) is 7.05 Å². The van der Waals surface area contributed by atoms with Gasteiger partial charge in [0.1, 0.15) is 11.3 Å². The van der Waals surface area contributed by atoms with Crippen LogP contribution in [0.25, 0.3) is 11.0 Å². The Morgan fingerprint density at radius 3 is 2.85 bits per heavy atom. The van der Waals surface area contributed by atoms with Gasteiger partial charge in [-0.05, 0) is 25.0 Å². The Labute approximate surface area is 120 Å². The van der Waals surface area contributed by atoms with E-state index in [0.717, 1.165) is 36.3 Å². The van der Waals surface area contributed by atoms with Crippen LogP contribution in [0.15, 0.2) is 23.6 Å². The van der Waals surface area contributed by atoms with Gasteiger partial charge in [-0.15, -0.1) is 11.3 Å². The first-order chi connectivity index (χ1) is 9.65. The third kappa shape index (κ3) is 2.38. The summed E-state index contributed by atoms with van der Waals surface area (Å²) < 4.78 is 15.6. The van der Waals surface area contributed by atoms with E-state index in [2.05, 4.69) is 9.97 Å². The summed E-state index contributed by atoms with van der Waals surface area (Å²) in [6.45, 7) is 0. The van der Waals surface area contributed by atoms with E-state index in [0.29, 0.717) is 10.6 Å². The van der Waals surface area contributed by atoms with E-state index < -0.39 is 0 Å². The van der Waals surface area contributed by atoms with Gasteiger partial charge in [-0.25, -0.2) is 14.4 Å². The number of nitrogens with two attached hydrogens (primary N) is 1. The van der Waals surface area contributed by atoms with E-state index in [4.69, 9.17) is 5.73 Å². The van der Waals surface area contributed by atoms with Crippen molar-refractivity contribution in [3.8, 4) is 0 Å². The largest absolute Gasteiger partial charge is 0.375 e. The molecule has 0 fully saturated rings. The molecule has 0 spiro atoms. The van der Waals surface area contributed by atoms with E-state index in [1.165, 1.54) is 17.4 Å². The number of nitrogen functional groups attached to an aromatic ring is 1. The SMILES string of the molecule is Cn1c(CCCc2csc(N)n2)nc2c(F)cccc21. The number of thiazole rings is 1. The summed E-state index contributed by atoms with van der Waals surface area (Å²) in [4.78, 5) is 8.62. The van der Waals surface area contributed by atoms with Crippen LogP contribution in [-0.2, 0) is 19.9 Å². The quantitative estimate of drug-likeness (QED) is 0.803. The number of aromatic nitrogens is 3. The highest BCUT2D eigenvalue weighted by molar-refractivity contribution is 7.13. The van der Waals surface area contributed by atoms with Crippen molar-refractivity contribution in [1.29, 1.82) is 0 Å². The van der Waals surface area contributed by atoms with Crippen LogP contribution < -0.4 is 5.73 Å². The lowest BCUT2D eigenvalue weighted by atomic mass is 10.2. The highest BCUT2D eigenvalue weighted by Crippen LogP contribution is 2.19. The van der Waals surface area contributed by atoms with Crippen molar-refractivity contribution < 1.29 is 4.39 Å². The van der Waals surface area contributed by atoms with E-state index in [1.54, 1.807) is 6.07 Å². The topological polar surface area (TPSA) is 56.7 Å². The number of benzene rings is 1. The van der Waals surface area contributed by atoms with Crippen molar-refractivity contribution in [3.63, 3.8) is 0 Å². The molecule has 20 heavy (non-hydrogen) atoms. The summed E-state index contributed by atoms with van der Waals surface area (Å²) in [5.41, 5.74) is 7.89. The second-order valence-electron chi connectivity index (χ2n) is 4.73. The van der Waals surface area contributed by atoms with Crippen LogP contribution in [0.4, 0.5) is 9.52 Å². The average Bonchev–Trinajstić information content (AvgIpc) is 2.97. The van der Waals surface area contributed by atoms with Gasteiger partial charge in [0, 0.05) is 18.8 Å². The molecule has 0 atom stereocenters. The monoisotopic (exact) mass is 290 g/mol. The van der Waals surface area contributed by atoms with Gasteiger partial charge in [-0.2, -0.15) is 0 Å². The number of hydrogen-bond donors (Lipinski definition) is 1. The fourth-order valence-electron chi connectivity index (χ4n) is 2.32. The van der Waals surface area contributed by atoms with Crippen LogP contribution in [0.1, 0.15) is 17.9 Å². The number of aryl methyl sites for hydroxylation is 3. The van der Waals surface area contributed by atoms with Gasteiger partial charge in [-0.3, -0.25) is 0 Å². The Kier molecular flexibility index (Phi) is 3.40. The fourth-order valence-corrected chi connectivity index (χ4v) is 2.91. The van der Waals surface area contributed by atoms with Crippen LogP contribution in [0.5, 0.6) is 0 Å². The molecule has 1 aromatic carbocycles. The molecular weight excluding hydrogens is 275 g/mol. The van der Waals surface area contributed by atoms with E-state index in [-0.39, 0.29) is 5.82 Å². The zero-order valence-electron chi connectivity index (χ0n) is 11.1. The minimum absolute atomic E-state index is 0.267. The summed E-state index contributed by atoms with van der Waals surface area (Å²) in [7, 11) is 1.92. The molecule has 0 bridgehead atoms. The molecular formula is C14H15FN4S. The van der Waals surface area contributed by atoms with Crippen LogP contribution in [0.3, 0.4) is 0 Å². The predicted molar refractivity (Wildman–Crippen MR) is 79.2 cm³/mol. The number of halogens is 1. The Balaban J connectivity index is 1.74.